The number of guanidine groups is 1. The Morgan fingerprint density at radius 1 is 1.13 bits per heavy atom. The minimum absolute atomic E-state index is 0.160. The van der Waals surface area contributed by atoms with Crippen LogP contribution in [0.25, 0.3) is 0 Å². The summed E-state index contributed by atoms with van der Waals surface area (Å²) in [5.41, 5.74) is 2.52. The van der Waals surface area contributed by atoms with E-state index in [4.69, 9.17) is 0 Å². The maximum Gasteiger partial charge on any atom is 0.225 e. The maximum atomic E-state index is 12.6. The van der Waals surface area contributed by atoms with E-state index < -0.39 is 0 Å². The molecule has 30 heavy (non-hydrogen) atoms. The first-order chi connectivity index (χ1) is 14.6. The van der Waals surface area contributed by atoms with Crippen LogP contribution in [0.1, 0.15) is 17.5 Å². The van der Waals surface area contributed by atoms with E-state index in [1.165, 1.54) is 11.1 Å². The number of carbonyl (C=O) groups is 1. The summed E-state index contributed by atoms with van der Waals surface area (Å²) in [6, 6.07) is 10.1. The van der Waals surface area contributed by atoms with Gasteiger partial charge in [0.25, 0.3) is 0 Å². The van der Waals surface area contributed by atoms with E-state index in [1.54, 1.807) is 19.4 Å². The number of hydrogen-bond acceptors (Lipinski definition) is 5. The molecule has 0 radical (unpaired) electrons. The van der Waals surface area contributed by atoms with Gasteiger partial charge in [0.05, 0.1) is 0 Å². The van der Waals surface area contributed by atoms with Gasteiger partial charge in [0.15, 0.2) is 5.96 Å². The summed E-state index contributed by atoms with van der Waals surface area (Å²) >= 11 is 0. The van der Waals surface area contributed by atoms with E-state index in [0.29, 0.717) is 26.1 Å². The Balaban J connectivity index is 1.42. The number of aromatic nitrogens is 2. The Kier molecular flexibility index (Phi) is 7.59. The van der Waals surface area contributed by atoms with Crippen LogP contribution < -0.4 is 10.2 Å². The molecule has 1 aliphatic rings. The number of rotatable bonds is 6. The number of carbonyl (C=O) groups excluding carboxylic acids is 1. The molecule has 160 valence electrons. The first kappa shape index (κ1) is 21.5. The average Bonchev–Trinajstić information content (AvgIpc) is 2.79. The van der Waals surface area contributed by atoms with Gasteiger partial charge in [0.2, 0.25) is 11.9 Å². The molecular formula is C22H31N7O. The number of benzene rings is 1. The maximum absolute atomic E-state index is 12.6. The van der Waals surface area contributed by atoms with E-state index in [2.05, 4.69) is 55.2 Å². The van der Waals surface area contributed by atoms with Crippen molar-refractivity contribution in [2.24, 2.45) is 4.99 Å². The molecule has 8 heteroatoms. The van der Waals surface area contributed by atoms with E-state index >= 15 is 0 Å². The zero-order chi connectivity index (χ0) is 21.3. The summed E-state index contributed by atoms with van der Waals surface area (Å²) in [5.74, 6) is 1.68. The van der Waals surface area contributed by atoms with Gasteiger partial charge in [-0.1, -0.05) is 24.3 Å². The van der Waals surface area contributed by atoms with Crippen molar-refractivity contribution >= 4 is 17.8 Å². The van der Waals surface area contributed by atoms with Crippen LogP contribution in [0.3, 0.4) is 0 Å². The normalized spacial score (nSPS) is 14.6. The van der Waals surface area contributed by atoms with Crippen molar-refractivity contribution in [3.05, 3.63) is 53.9 Å². The molecule has 0 aliphatic carbocycles. The molecule has 0 saturated carbocycles. The van der Waals surface area contributed by atoms with Crippen molar-refractivity contribution in [2.45, 2.75) is 19.9 Å². The van der Waals surface area contributed by atoms with Crippen molar-refractivity contribution in [3.8, 4) is 0 Å². The molecule has 0 bridgehead atoms. The van der Waals surface area contributed by atoms with Crippen molar-refractivity contribution in [2.75, 3.05) is 51.7 Å². The van der Waals surface area contributed by atoms with Crippen LogP contribution >= 0.6 is 0 Å². The zero-order valence-corrected chi connectivity index (χ0v) is 18.1. The molecule has 2 heterocycles. The highest BCUT2D eigenvalue weighted by Crippen LogP contribution is 2.11. The SMILES string of the molecule is CN=C(NCCC(=O)N1CCN(c2ncccn2)CC1)N(C)Cc1ccccc1C. The number of hydrogen-bond donors (Lipinski definition) is 1. The van der Waals surface area contributed by atoms with Crippen LogP contribution in [-0.4, -0.2) is 78.5 Å². The molecular weight excluding hydrogens is 378 g/mol. The van der Waals surface area contributed by atoms with Gasteiger partial charge in [0.1, 0.15) is 0 Å². The highest BCUT2D eigenvalue weighted by atomic mass is 16.2. The number of nitrogens with one attached hydrogen (secondary N) is 1. The van der Waals surface area contributed by atoms with Crippen LogP contribution in [0.2, 0.25) is 0 Å². The Hall–Kier alpha value is -3.16. The Bertz CT molecular complexity index is 848. The van der Waals surface area contributed by atoms with Crippen molar-refractivity contribution in [1.82, 2.24) is 25.1 Å². The molecule has 0 atom stereocenters. The minimum atomic E-state index is 0.160. The largest absolute Gasteiger partial charge is 0.356 e. The molecule has 1 aromatic heterocycles. The van der Waals surface area contributed by atoms with Gasteiger partial charge in [-0.3, -0.25) is 9.79 Å². The highest BCUT2D eigenvalue weighted by Gasteiger charge is 2.22. The van der Waals surface area contributed by atoms with Crippen LogP contribution in [0.4, 0.5) is 5.95 Å². The number of nitrogens with zero attached hydrogens (tertiary/aromatic N) is 6. The Morgan fingerprint density at radius 2 is 1.83 bits per heavy atom. The summed E-state index contributed by atoms with van der Waals surface area (Å²) in [4.78, 5) is 31.6. The molecule has 3 rings (SSSR count). The molecule has 1 amide bonds. The number of amides is 1. The van der Waals surface area contributed by atoms with Crippen molar-refractivity contribution in [3.63, 3.8) is 0 Å². The molecule has 1 N–H and O–H groups in total. The predicted octanol–water partition coefficient (Wildman–Crippen LogP) is 1.53. The summed E-state index contributed by atoms with van der Waals surface area (Å²) in [5, 5.41) is 3.31. The Labute approximate surface area is 178 Å². The zero-order valence-electron chi connectivity index (χ0n) is 18.1. The minimum Gasteiger partial charge on any atom is -0.356 e. The number of aliphatic imine (C=N–C) groups is 1. The van der Waals surface area contributed by atoms with E-state index in [0.717, 1.165) is 31.5 Å². The lowest BCUT2D eigenvalue weighted by molar-refractivity contribution is -0.131. The van der Waals surface area contributed by atoms with Gasteiger partial charge in [-0.15, -0.1) is 0 Å². The Morgan fingerprint density at radius 3 is 2.50 bits per heavy atom. The third-order valence-corrected chi connectivity index (χ3v) is 5.33. The quantitative estimate of drug-likeness (QED) is 0.576. The van der Waals surface area contributed by atoms with E-state index in [9.17, 15) is 4.79 Å². The molecule has 1 aliphatic heterocycles. The van der Waals surface area contributed by atoms with Gasteiger partial charge in [-0.05, 0) is 24.1 Å². The first-order valence-electron chi connectivity index (χ1n) is 10.3. The first-order valence-corrected chi connectivity index (χ1v) is 10.3. The summed E-state index contributed by atoms with van der Waals surface area (Å²) < 4.78 is 0. The molecule has 0 unspecified atom stereocenters. The van der Waals surface area contributed by atoms with E-state index in [-0.39, 0.29) is 5.91 Å². The van der Waals surface area contributed by atoms with Crippen molar-refractivity contribution < 1.29 is 4.79 Å². The average molecular weight is 410 g/mol. The molecule has 8 nitrogen and oxygen atoms in total. The lowest BCUT2D eigenvalue weighted by atomic mass is 10.1. The fraction of sp³-hybridized carbons (Fsp3) is 0.455. The monoisotopic (exact) mass is 409 g/mol. The summed E-state index contributed by atoms with van der Waals surface area (Å²) in [6.07, 6.45) is 3.93. The van der Waals surface area contributed by atoms with Crippen LogP contribution in [0, 0.1) is 6.92 Å². The van der Waals surface area contributed by atoms with Gasteiger partial charge in [0, 0.05) is 72.2 Å². The van der Waals surface area contributed by atoms with E-state index in [1.807, 2.05) is 24.1 Å². The summed E-state index contributed by atoms with van der Waals surface area (Å²) in [7, 11) is 3.78. The second kappa shape index (κ2) is 10.6. The molecule has 2 aromatic rings. The lowest BCUT2D eigenvalue weighted by Gasteiger charge is -2.34. The molecule has 1 aromatic carbocycles. The number of piperazine rings is 1. The third-order valence-electron chi connectivity index (χ3n) is 5.33. The molecule has 1 fully saturated rings. The lowest BCUT2D eigenvalue weighted by Crippen LogP contribution is -2.50. The van der Waals surface area contributed by atoms with Gasteiger partial charge in [-0.2, -0.15) is 0 Å². The fourth-order valence-corrected chi connectivity index (χ4v) is 3.55. The van der Waals surface area contributed by atoms with Gasteiger partial charge >= 0.3 is 0 Å². The molecule has 1 saturated heterocycles. The van der Waals surface area contributed by atoms with Gasteiger partial charge in [-0.25, -0.2) is 9.97 Å². The fourth-order valence-electron chi connectivity index (χ4n) is 3.55. The smallest absolute Gasteiger partial charge is 0.225 e. The van der Waals surface area contributed by atoms with Gasteiger partial charge < -0.3 is 20.0 Å². The second-order valence-corrected chi connectivity index (χ2v) is 7.42. The third kappa shape index (κ3) is 5.68. The summed E-state index contributed by atoms with van der Waals surface area (Å²) in [6.45, 7) is 6.34. The molecule has 0 spiro atoms. The van der Waals surface area contributed by atoms with Crippen LogP contribution in [0.5, 0.6) is 0 Å². The second-order valence-electron chi connectivity index (χ2n) is 7.42. The number of anilines is 1. The predicted molar refractivity (Wildman–Crippen MR) is 119 cm³/mol. The number of aryl methyl sites for hydroxylation is 1. The van der Waals surface area contributed by atoms with Crippen LogP contribution in [0.15, 0.2) is 47.7 Å². The van der Waals surface area contributed by atoms with Crippen molar-refractivity contribution in [1.29, 1.82) is 0 Å². The van der Waals surface area contributed by atoms with Crippen LogP contribution in [-0.2, 0) is 11.3 Å². The topological polar surface area (TPSA) is 77.0 Å². The highest BCUT2D eigenvalue weighted by molar-refractivity contribution is 5.81. The standard InChI is InChI=1S/C22H31N7O/c1-18-7-4-5-8-19(18)17-27(3)21(23-2)26-12-9-20(30)28-13-15-29(16-14-28)22-24-10-6-11-25-22/h4-8,10-11H,9,12-17H2,1-3H3,(H,23,26).